The van der Waals surface area contributed by atoms with Gasteiger partial charge in [-0.05, 0) is 18.2 Å². The third kappa shape index (κ3) is 4.55. The van der Waals surface area contributed by atoms with Crippen LogP contribution < -0.4 is 24.8 Å². The standard InChI is InChI=1S/C19H21N5O3/c1-25-15-7-5-4-6-13(15)11-20-19-23-18(12-21-24-19)22-14-8-9-16(26-2)17(10-14)27-3/h4-10,12H,11H2,1-3H3,(H2,20,22,23,24). The highest BCUT2D eigenvalue weighted by Gasteiger charge is 2.07. The number of nitrogens with one attached hydrogen (secondary N) is 2. The summed E-state index contributed by atoms with van der Waals surface area (Å²) in [5.41, 5.74) is 1.80. The summed E-state index contributed by atoms with van der Waals surface area (Å²) in [5.74, 6) is 3.05. The molecule has 0 saturated carbocycles. The van der Waals surface area contributed by atoms with E-state index in [1.165, 1.54) is 0 Å². The van der Waals surface area contributed by atoms with Crippen LogP contribution in [0.15, 0.2) is 48.7 Å². The van der Waals surface area contributed by atoms with Gasteiger partial charge >= 0.3 is 0 Å². The van der Waals surface area contributed by atoms with Crippen LogP contribution >= 0.6 is 0 Å². The Balaban J connectivity index is 1.70. The van der Waals surface area contributed by atoms with Crippen LogP contribution in [0.3, 0.4) is 0 Å². The lowest BCUT2D eigenvalue weighted by molar-refractivity contribution is 0.355. The molecule has 0 aliphatic rings. The number of rotatable bonds is 8. The van der Waals surface area contributed by atoms with E-state index in [9.17, 15) is 0 Å². The molecule has 3 aromatic rings. The molecule has 8 heteroatoms. The molecule has 0 atom stereocenters. The van der Waals surface area contributed by atoms with Gasteiger partial charge in [0.15, 0.2) is 17.3 Å². The predicted octanol–water partition coefficient (Wildman–Crippen LogP) is 3.25. The zero-order valence-electron chi connectivity index (χ0n) is 15.4. The minimum Gasteiger partial charge on any atom is -0.496 e. The quantitative estimate of drug-likeness (QED) is 0.627. The van der Waals surface area contributed by atoms with Crippen LogP contribution in [-0.2, 0) is 6.54 Å². The van der Waals surface area contributed by atoms with Crippen molar-refractivity contribution in [1.82, 2.24) is 15.2 Å². The van der Waals surface area contributed by atoms with Gasteiger partial charge in [-0.3, -0.25) is 0 Å². The van der Waals surface area contributed by atoms with Gasteiger partial charge in [0.05, 0.1) is 27.5 Å². The molecule has 1 aromatic heterocycles. The third-order valence-corrected chi connectivity index (χ3v) is 3.84. The zero-order valence-corrected chi connectivity index (χ0v) is 15.4. The van der Waals surface area contributed by atoms with Crippen molar-refractivity contribution in [2.24, 2.45) is 0 Å². The number of aromatic nitrogens is 3. The summed E-state index contributed by atoms with van der Waals surface area (Å²) in [4.78, 5) is 4.43. The van der Waals surface area contributed by atoms with E-state index in [0.717, 1.165) is 17.0 Å². The molecule has 140 valence electrons. The van der Waals surface area contributed by atoms with Crippen LogP contribution in [0.4, 0.5) is 17.5 Å². The SMILES string of the molecule is COc1ccccc1CNc1nncc(Nc2ccc(OC)c(OC)c2)n1. The molecule has 27 heavy (non-hydrogen) atoms. The van der Waals surface area contributed by atoms with Crippen molar-refractivity contribution in [3.8, 4) is 17.2 Å². The Morgan fingerprint density at radius 1 is 0.889 bits per heavy atom. The van der Waals surface area contributed by atoms with Gasteiger partial charge in [-0.25, -0.2) is 0 Å². The lowest BCUT2D eigenvalue weighted by Gasteiger charge is -2.12. The summed E-state index contributed by atoms with van der Waals surface area (Å²) < 4.78 is 15.9. The molecule has 0 amide bonds. The average Bonchev–Trinajstić information content (AvgIpc) is 2.72. The molecule has 0 aliphatic heterocycles. The zero-order chi connectivity index (χ0) is 19.1. The van der Waals surface area contributed by atoms with E-state index in [-0.39, 0.29) is 0 Å². The molecule has 0 spiro atoms. The maximum atomic E-state index is 5.35. The predicted molar refractivity (Wildman–Crippen MR) is 103 cm³/mol. The van der Waals surface area contributed by atoms with Gasteiger partial charge in [0.1, 0.15) is 5.75 Å². The summed E-state index contributed by atoms with van der Waals surface area (Å²) in [7, 11) is 4.83. The fourth-order valence-electron chi connectivity index (χ4n) is 2.52. The van der Waals surface area contributed by atoms with Gasteiger partial charge in [0.2, 0.25) is 5.95 Å². The van der Waals surface area contributed by atoms with Crippen molar-refractivity contribution >= 4 is 17.5 Å². The van der Waals surface area contributed by atoms with Crippen molar-refractivity contribution in [2.45, 2.75) is 6.54 Å². The molecule has 1 heterocycles. The van der Waals surface area contributed by atoms with Gasteiger partial charge in [0.25, 0.3) is 0 Å². The highest BCUT2D eigenvalue weighted by molar-refractivity contribution is 5.61. The highest BCUT2D eigenvalue weighted by atomic mass is 16.5. The van der Waals surface area contributed by atoms with E-state index >= 15 is 0 Å². The first-order valence-corrected chi connectivity index (χ1v) is 8.28. The number of ether oxygens (including phenoxy) is 3. The van der Waals surface area contributed by atoms with Gasteiger partial charge in [-0.1, -0.05) is 18.2 Å². The van der Waals surface area contributed by atoms with Gasteiger partial charge in [-0.2, -0.15) is 10.1 Å². The van der Waals surface area contributed by atoms with Crippen LogP contribution in [0, 0.1) is 0 Å². The fraction of sp³-hybridized carbons (Fsp3) is 0.211. The number of para-hydroxylation sites is 1. The van der Waals surface area contributed by atoms with E-state index in [1.807, 2.05) is 42.5 Å². The first kappa shape index (κ1) is 18.2. The summed E-state index contributed by atoms with van der Waals surface area (Å²) in [6.07, 6.45) is 1.55. The number of nitrogens with zero attached hydrogens (tertiary/aromatic N) is 3. The Hall–Kier alpha value is -3.55. The van der Waals surface area contributed by atoms with Crippen LogP contribution in [0.2, 0.25) is 0 Å². The summed E-state index contributed by atoms with van der Waals surface area (Å²) in [6.45, 7) is 0.519. The van der Waals surface area contributed by atoms with E-state index in [1.54, 1.807) is 27.5 Å². The summed E-state index contributed by atoms with van der Waals surface area (Å²) in [6, 6.07) is 13.3. The Bertz CT molecular complexity index is 904. The third-order valence-electron chi connectivity index (χ3n) is 3.84. The van der Waals surface area contributed by atoms with Gasteiger partial charge in [-0.15, -0.1) is 5.10 Å². The van der Waals surface area contributed by atoms with Crippen molar-refractivity contribution < 1.29 is 14.2 Å². The fourth-order valence-corrected chi connectivity index (χ4v) is 2.52. The second-order valence-corrected chi connectivity index (χ2v) is 5.53. The molecule has 0 unspecified atom stereocenters. The molecule has 2 aromatic carbocycles. The second kappa shape index (κ2) is 8.70. The second-order valence-electron chi connectivity index (χ2n) is 5.53. The normalized spacial score (nSPS) is 10.2. The molecule has 0 saturated heterocycles. The maximum absolute atomic E-state index is 5.35. The van der Waals surface area contributed by atoms with Crippen molar-refractivity contribution in [3.05, 3.63) is 54.2 Å². The smallest absolute Gasteiger partial charge is 0.244 e. The number of benzene rings is 2. The molecule has 8 nitrogen and oxygen atoms in total. The first-order chi connectivity index (χ1) is 13.2. The molecular formula is C19H21N5O3. The number of hydrogen-bond donors (Lipinski definition) is 2. The largest absolute Gasteiger partial charge is 0.496 e. The van der Waals surface area contributed by atoms with Gasteiger partial charge < -0.3 is 24.8 Å². The molecule has 0 aliphatic carbocycles. The maximum Gasteiger partial charge on any atom is 0.244 e. The summed E-state index contributed by atoms with van der Waals surface area (Å²) in [5, 5.41) is 14.3. The monoisotopic (exact) mass is 367 g/mol. The Morgan fingerprint density at radius 2 is 1.67 bits per heavy atom. The Labute approximate surface area is 157 Å². The highest BCUT2D eigenvalue weighted by Crippen LogP contribution is 2.30. The first-order valence-electron chi connectivity index (χ1n) is 8.28. The van der Waals surface area contributed by atoms with Crippen LogP contribution in [-0.4, -0.2) is 36.5 Å². The molecule has 2 N–H and O–H groups in total. The average molecular weight is 367 g/mol. The van der Waals surface area contributed by atoms with Crippen molar-refractivity contribution in [1.29, 1.82) is 0 Å². The number of hydrogen-bond acceptors (Lipinski definition) is 8. The number of methoxy groups -OCH3 is 3. The van der Waals surface area contributed by atoms with E-state index in [0.29, 0.717) is 29.8 Å². The van der Waals surface area contributed by atoms with Crippen LogP contribution in [0.25, 0.3) is 0 Å². The van der Waals surface area contributed by atoms with Gasteiger partial charge in [0, 0.05) is 23.9 Å². The Kier molecular flexibility index (Phi) is 5.88. The molecule has 3 rings (SSSR count). The minimum absolute atomic E-state index is 0.409. The number of anilines is 3. The van der Waals surface area contributed by atoms with E-state index in [2.05, 4.69) is 25.8 Å². The lowest BCUT2D eigenvalue weighted by Crippen LogP contribution is -2.07. The van der Waals surface area contributed by atoms with Crippen LogP contribution in [0.5, 0.6) is 17.2 Å². The molecule has 0 bridgehead atoms. The molecule has 0 fully saturated rings. The van der Waals surface area contributed by atoms with E-state index < -0.39 is 0 Å². The summed E-state index contributed by atoms with van der Waals surface area (Å²) >= 11 is 0. The van der Waals surface area contributed by atoms with Crippen LogP contribution in [0.1, 0.15) is 5.56 Å². The molecule has 0 radical (unpaired) electrons. The topological polar surface area (TPSA) is 90.4 Å². The minimum atomic E-state index is 0.409. The van der Waals surface area contributed by atoms with Crippen molar-refractivity contribution in [2.75, 3.05) is 32.0 Å². The Morgan fingerprint density at radius 3 is 2.44 bits per heavy atom. The van der Waals surface area contributed by atoms with E-state index in [4.69, 9.17) is 14.2 Å². The van der Waals surface area contributed by atoms with Crippen molar-refractivity contribution in [3.63, 3.8) is 0 Å². The molecular weight excluding hydrogens is 346 g/mol. The lowest BCUT2D eigenvalue weighted by atomic mass is 10.2.